The van der Waals surface area contributed by atoms with Crippen molar-refractivity contribution in [2.75, 3.05) is 0 Å². The first-order valence-electron chi connectivity index (χ1n) is 7.82. The molecule has 2 heterocycles. The van der Waals surface area contributed by atoms with Crippen LogP contribution in [0, 0.1) is 6.92 Å². The number of aromatic nitrogens is 1. The van der Waals surface area contributed by atoms with Crippen LogP contribution < -0.4 is 16.6 Å². The van der Waals surface area contributed by atoms with E-state index in [0.29, 0.717) is 10.9 Å². The summed E-state index contributed by atoms with van der Waals surface area (Å²) in [5.74, 6) is -1.61. The lowest BCUT2D eigenvalue weighted by atomic mass is 10.1. The van der Waals surface area contributed by atoms with Gasteiger partial charge in [0.05, 0.1) is 11.2 Å². The third-order valence-electron chi connectivity index (χ3n) is 3.86. The molecular formula is C18H15N3O6. The number of fused-ring (bicyclic) bond motifs is 1. The first-order valence-corrected chi connectivity index (χ1v) is 7.82. The summed E-state index contributed by atoms with van der Waals surface area (Å²) in [5.41, 5.74) is 0.0588. The Morgan fingerprint density at radius 1 is 1.19 bits per heavy atom. The van der Waals surface area contributed by atoms with Crippen LogP contribution in [0.3, 0.4) is 0 Å². The SMILES string of the molecule is C/C(=N\NC(=O)c1c(O)c2ccccc2[nH]c1=O)c1c(O)cc(C)oc1=O. The summed E-state index contributed by atoms with van der Waals surface area (Å²) >= 11 is 0. The summed E-state index contributed by atoms with van der Waals surface area (Å²) < 4.78 is 4.88. The van der Waals surface area contributed by atoms with E-state index in [1.54, 1.807) is 24.3 Å². The molecule has 138 valence electrons. The number of H-pyrrole nitrogens is 1. The van der Waals surface area contributed by atoms with Gasteiger partial charge in [-0.25, -0.2) is 10.2 Å². The molecule has 0 bridgehead atoms. The summed E-state index contributed by atoms with van der Waals surface area (Å²) in [6.45, 7) is 2.86. The maximum absolute atomic E-state index is 12.3. The molecule has 0 saturated carbocycles. The highest BCUT2D eigenvalue weighted by Crippen LogP contribution is 2.24. The van der Waals surface area contributed by atoms with Crippen molar-refractivity contribution >= 4 is 22.5 Å². The average Bonchev–Trinajstić information content (AvgIpc) is 2.59. The molecule has 9 heteroatoms. The van der Waals surface area contributed by atoms with Crippen molar-refractivity contribution in [1.29, 1.82) is 0 Å². The zero-order chi connectivity index (χ0) is 19.7. The number of amides is 1. The number of carbonyl (C=O) groups excluding carboxylic acids is 1. The Morgan fingerprint density at radius 3 is 2.59 bits per heavy atom. The van der Waals surface area contributed by atoms with Gasteiger partial charge < -0.3 is 19.6 Å². The first-order chi connectivity index (χ1) is 12.8. The minimum atomic E-state index is -0.977. The van der Waals surface area contributed by atoms with Crippen LogP contribution in [-0.2, 0) is 0 Å². The smallest absolute Gasteiger partial charge is 0.348 e. The second-order valence-corrected chi connectivity index (χ2v) is 5.77. The fraction of sp³-hybridized carbons (Fsp3) is 0.111. The Bertz CT molecular complexity index is 1210. The molecule has 1 aromatic carbocycles. The Kier molecular flexibility index (Phi) is 4.51. The van der Waals surface area contributed by atoms with Crippen molar-refractivity contribution in [3.63, 3.8) is 0 Å². The number of pyridine rings is 1. The van der Waals surface area contributed by atoms with Crippen LogP contribution in [0.5, 0.6) is 11.5 Å². The number of nitrogens with zero attached hydrogens (tertiary/aromatic N) is 1. The van der Waals surface area contributed by atoms with Crippen molar-refractivity contribution in [3.05, 3.63) is 68.0 Å². The van der Waals surface area contributed by atoms with E-state index in [2.05, 4.69) is 15.5 Å². The number of para-hydroxylation sites is 1. The molecule has 0 aliphatic carbocycles. The highest BCUT2D eigenvalue weighted by molar-refractivity contribution is 6.04. The van der Waals surface area contributed by atoms with E-state index in [0.717, 1.165) is 0 Å². The second-order valence-electron chi connectivity index (χ2n) is 5.77. The second kappa shape index (κ2) is 6.79. The standard InChI is InChI=1S/C18H15N3O6/c1-8-7-12(22)13(18(26)27-8)9(2)20-21-17(25)14-15(23)10-5-3-4-6-11(10)19-16(14)24/h3-7,22H,1-2H3,(H,21,25)(H2,19,23,24)/b20-9+. The highest BCUT2D eigenvalue weighted by atomic mass is 16.4. The number of hydrogen-bond acceptors (Lipinski definition) is 7. The zero-order valence-electron chi connectivity index (χ0n) is 14.4. The van der Waals surface area contributed by atoms with E-state index < -0.39 is 28.4 Å². The fourth-order valence-electron chi connectivity index (χ4n) is 2.61. The lowest BCUT2D eigenvalue weighted by Crippen LogP contribution is -2.28. The number of aromatic amines is 1. The zero-order valence-corrected chi connectivity index (χ0v) is 14.4. The normalized spacial score (nSPS) is 11.6. The van der Waals surface area contributed by atoms with Gasteiger partial charge in [-0.2, -0.15) is 5.10 Å². The molecule has 1 amide bonds. The van der Waals surface area contributed by atoms with E-state index in [1.165, 1.54) is 19.9 Å². The molecule has 0 radical (unpaired) electrons. The Balaban J connectivity index is 1.97. The van der Waals surface area contributed by atoms with Crippen LogP contribution in [0.25, 0.3) is 10.9 Å². The minimum absolute atomic E-state index is 0.0358. The third-order valence-corrected chi connectivity index (χ3v) is 3.86. The van der Waals surface area contributed by atoms with Gasteiger partial charge in [0.2, 0.25) is 0 Å². The Morgan fingerprint density at radius 2 is 1.89 bits per heavy atom. The number of hydrogen-bond donors (Lipinski definition) is 4. The largest absolute Gasteiger partial charge is 0.507 e. The molecule has 0 spiro atoms. The van der Waals surface area contributed by atoms with Gasteiger partial charge in [0, 0.05) is 11.5 Å². The van der Waals surface area contributed by atoms with E-state index in [-0.39, 0.29) is 22.8 Å². The summed E-state index contributed by atoms with van der Waals surface area (Å²) in [6.07, 6.45) is 0. The third kappa shape index (κ3) is 3.30. The van der Waals surface area contributed by atoms with Crippen LogP contribution in [0.2, 0.25) is 0 Å². The molecule has 3 rings (SSSR count). The molecule has 0 aliphatic heterocycles. The van der Waals surface area contributed by atoms with Crippen LogP contribution in [0.4, 0.5) is 0 Å². The predicted octanol–water partition coefficient (Wildman–Crippen LogP) is 1.35. The summed E-state index contributed by atoms with van der Waals surface area (Å²) in [6, 6.07) is 7.67. The maximum atomic E-state index is 12.3. The Hall–Kier alpha value is -3.88. The predicted molar refractivity (Wildman–Crippen MR) is 97.3 cm³/mol. The van der Waals surface area contributed by atoms with Crippen molar-refractivity contribution in [1.82, 2.24) is 10.4 Å². The topological polar surface area (TPSA) is 145 Å². The molecule has 0 atom stereocenters. The van der Waals surface area contributed by atoms with Gasteiger partial charge in [-0.15, -0.1) is 0 Å². The van der Waals surface area contributed by atoms with Crippen LogP contribution in [0.1, 0.15) is 28.6 Å². The highest BCUT2D eigenvalue weighted by Gasteiger charge is 2.19. The molecular weight excluding hydrogens is 354 g/mol. The molecule has 4 N–H and O–H groups in total. The van der Waals surface area contributed by atoms with Crippen LogP contribution in [0.15, 0.2) is 49.4 Å². The lowest BCUT2D eigenvalue weighted by molar-refractivity contribution is 0.0951. The first kappa shape index (κ1) is 17.9. The molecule has 0 fully saturated rings. The molecule has 2 aromatic heterocycles. The fourth-order valence-corrected chi connectivity index (χ4v) is 2.61. The molecule has 9 nitrogen and oxygen atoms in total. The molecule has 27 heavy (non-hydrogen) atoms. The lowest BCUT2D eigenvalue weighted by Gasteiger charge is -2.07. The number of nitrogens with one attached hydrogen (secondary N) is 2. The summed E-state index contributed by atoms with van der Waals surface area (Å²) in [7, 11) is 0. The van der Waals surface area contributed by atoms with Gasteiger partial charge >= 0.3 is 5.63 Å². The van der Waals surface area contributed by atoms with E-state index in [1.807, 2.05) is 0 Å². The minimum Gasteiger partial charge on any atom is -0.507 e. The van der Waals surface area contributed by atoms with Crippen molar-refractivity contribution in [3.8, 4) is 11.5 Å². The Labute approximate surface area is 151 Å². The number of rotatable bonds is 3. The number of hydrazone groups is 1. The van der Waals surface area contributed by atoms with Gasteiger partial charge in [0.15, 0.2) is 0 Å². The van der Waals surface area contributed by atoms with Crippen molar-refractivity contribution in [2.24, 2.45) is 5.10 Å². The van der Waals surface area contributed by atoms with E-state index in [4.69, 9.17) is 4.42 Å². The van der Waals surface area contributed by atoms with Gasteiger partial charge in [-0.1, -0.05) is 12.1 Å². The van der Waals surface area contributed by atoms with Crippen molar-refractivity contribution < 1.29 is 19.4 Å². The number of aromatic hydroxyl groups is 2. The number of aryl methyl sites for hydroxylation is 1. The maximum Gasteiger partial charge on any atom is 0.348 e. The van der Waals surface area contributed by atoms with Gasteiger partial charge in [-0.3, -0.25) is 9.59 Å². The van der Waals surface area contributed by atoms with Gasteiger partial charge in [-0.05, 0) is 26.0 Å². The summed E-state index contributed by atoms with van der Waals surface area (Å²) in [5, 5.41) is 24.2. The average molecular weight is 369 g/mol. The van der Waals surface area contributed by atoms with E-state index in [9.17, 15) is 24.6 Å². The van der Waals surface area contributed by atoms with Gasteiger partial charge in [0.1, 0.15) is 28.4 Å². The quantitative estimate of drug-likeness (QED) is 0.405. The van der Waals surface area contributed by atoms with Crippen LogP contribution in [-0.4, -0.2) is 26.8 Å². The molecule has 0 aliphatic rings. The number of benzene rings is 1. The van der Waals surface area contributed by atoms with Gasteiger partial charge in [0.25, 0.3) is 11.5 Å². The molecule has 3 aromatic rings. The molecule has 0 saturated heterocycles. The number of carbonyl (C=O) groups is 1. The van der Waals surface area contributed by atoms with Crippen LogP contribution >= 0.6 is 0 Å². The van der Waals surface area contributed by atoms with Crippen molar-refractivity contribution in [2.45, 2.75) is 13.8 Å². The molecule has 0 unspecified atom stereocenters. The monoisotopic (exact) mass is 369 g/mol. The van der Waals surface area contributed by atoms with E-state index >= 15 is 0 Å². The summed E-state index contributed by atoms with van der Waals surface area (Å²) in [4.78, 5) is 38.8.